The average Bonchev–Trinajstić information content (AvgIpc) is 2.95. The van der Waals surface area contributed by atoms with Crippen LogP contribution < -0.4 is 5.73 Å². The highest BCUT2D eigenvalue weighted by Crippen LogP contribution is 2.29. The summed E-state index contributed by atoms with van der Waals surface area (Å²) in [5, 5.41) is 0. The van der Waals surface area contributed by atoms with Crippen LogP contribution >= 0.6 is 0 Å². The molecule has 94 valence electrons. The first-order valence-electron chi connectivity index (χ1n) is 6.23. The van der Waals surface area contributed by atoms with E-state index >= 15 is 0 Å². The van der Waals surface area contributed by atoms with E-state index in [0.29, 0.717) is 18.5 Å². The molecule has 2 rings (SSSR count). The number of aromatic nitrogens is 1. The van der Waals surface area contributed by atoms with E-state index in [0.717, 1.165) is 18.5 Å². The van der Waals surface area contributed by atoms with Gasteiger partial charge in [-0.05, 0) is 37.4 Å². The molecule has 2 N–H and O–H groups in total. The fourth-order valence-corrected chi connectivity index (χ4v) is 2.82. The van der Waals surface area contributed by atoms with Crippen molar-refractivity contribution in [1.82, 2.24) is 9.47 Å². The Morgan fingerprint density at radius 3 is 2.94 bits per heavy atom. The lowest BCUT2D eigenvalue weighted by atomic mass is 10.0. The molecule has 1 aliphatic rings. The summed E-state index contributed by atoms with van der Waals surface area (Å²) in [5.74, 6) is 0.562. The molecule has 4 nitrogen and oxygen atoms in total. The van der Waals surface area contributed by atoms with Gasteiger partial charge in [0.25, 0.3) is 5.91 Å². The van der Waals surface area contributed by atoms with Gasteiger partial charge in [-0.15, -0.1) is 0 Å². The van der Waals surface area contributed by atoms with Crippen molar-refractivity contribution in [2.24, 2.45) is 18.7 Å². The molecule has 1 aromatic heterocycles. The first-order chi connectivity index (χ1) is 8.15. The van der Waals surface area contributed by atoms with Crippen molar-refractivity contribution in [3.8, 4) is 0 Å². The van der Waals surface area contributed by atoms with Gasteiger partial charge in [-0.1, -0.05) is 6.42 Å². The fourth-order valence-electron chi connectivity index (χ4n) is 2.82. The van der Waals surface area contributed by atoms with Crippen LogP contribution in [0.4, 0.5) is 0 Å². The third kappa shape index (κ3) is 2.22. The molecule has 17 heavy (non-hydrogen) atoms. The van der Waals surface area contributed by atoms with Gasteiger partial charge >= 0.3 is 0 Å². The van der Waals surface area contributed by atoms with Gasteiger partial charge in [0, 0.05) is 26.3 Å². The van der Waals surface area contributed by atoms with Gasteiger partial charge in [0.05, 0.1) is 0 Å². The molecule has 0 saturated heterocycles. The van der Waals surface area contributed by atoms with Crippen molar-refractivity contribution >= 4 is 5.91 Å². The molecule has 1 heterocycles. The summed E-state index contributed by atoms with van der Waals surface area (Å²) in [5.41, 5.74) is 6.51. The first-order valence-corrected chi connectivity index (χ1v) is 6.23. The Balaban J connectivity index is 2.12. The standard InChI is InChI=1S/C13H21N3O/c1-15-8-4-7-12(15)13(17)16(2)11-6-3-5-10(11)9-14/h4,7-8,10-11H,3,5-6,9,14H2,1-2H3. The third-order valence-electron chi connectivity index (χ3n) is 3.90. The van der Waals surface area contributed by atoms with E-state index in [-0.39, 0.29) is 5.91 Å². The number of hydrogen-bond acceptors (Lipinski definition) is 2. The number of amides is 1. The molecule has 2 atom stereocenters. The van der Waals surface area contributed by atoms with E-state index in [1.54, 1.807) is 0 Å². The Morgan fingerprint density at radius 1 is 1.59 bits per heavy atom. The van der Waals surface area contributed by atoms with Crippen molar-refractivity contribution in [1.29, 1.82) is 0 Å². The molecular weight excluding hydrogens is 214 g/mol. The van der Waals surface area contributed by atoms with E-state index in [1.165, 1.54) is 6.42 Å². The Hall–Kier alpha value is -1.29. The minimum Gasteiger partial charge on any atom is -0.347 e. The molecule has 0 spiro atoms. The van der Waals surface area contributed by atoms with Crippen molar-refractivity contribution < 1.29 is 4.79 Å². The molecule has 0 radical (unpaired) electrons. The summed E-state index contributed by atoms with van der Waals surface area (Å²) in [7, 11) is 3.80. The lowest BCUT2D eigenvalue weighted by Gasteiger charge is -2.29. The summed E-state index contributed by atoms with van der Waals surface area (Å²) in [4.78, 5) is 14.2. The molecule has 1 saturated carbocycles. The predicted octanol–water partition coefficient (Wildman–Crippen LogP) is 1.22. The number of nitrogens with two attached hydrogens (primary N) is 1. The molecular formula is C13H21N3O. The van der Waals surface area contributed by atoms with Crippen LogP contribution in [-0.2, 0) is 7.05 Å². The van der Waals surface area contributed by atoms with Gasteiger partial charge in [0.2, 0.25) is 0 Å². The molecule has 1 aromatic rings. The lowest BCUT2D eigenvalue weighted by Crippen LogP contribution is -2.42. The Kier molecular flexibility index (Phi) is 3.52. The summed E-state index contributed by atoms with van der Waals surface area (Å²) in [6.45, 7) is 0.676. The molecule has 0 aliphatic heterocycles. The van der Waals surface area contributed by atoms with Gasteiger partial charge in [0.15, 0.2) is 0 Å². The van der Waals surface area contributed by atoms with E-state index in [2.05, 4.69) is 0 Å². The molecule has 1 aliphatic carbocycles. The SMILES string of the molecule is CN(C(=O)c1cccn1C)C1CCCC1CN. The second kappa shape index (κ2) is 4.92. The van der Waals surface area contributed by atoms with Crippen molar-refractivity contribution in [3.05, 3.63) is 24.0 Å². The number of carbonyl (C=O) groups excluding carboxylic acids is 1. The van der Waals surface area contributed by atoms with E-state index < -0.39 is 0 Å². The normalized spacial score (nSPS) is 23.9. The number of carbonyl (C=O) groups is 1. The Bertz CT molecular complexity index is 399. The summed E-state index contributed by atoms with van der Waals surface area (Å²) in [6, 6.07) is 4.07. The summed E-state index contributed by atoms with van der Waals surface area (Å²) >= 11 is 0. The smallest absolute Gasteiger partial charge is 0.270 e. The van der Waals surface area contributed by atoms with Crippen molar-refractivity contribution in [3.63, 3.8) is 0 Å². The van der Waals surface area contributed by atoms with Gasteiger partial charge in [0.1, 0.15) is 5.69 Å². The average molecular weight is 235 g/mol. The van der Waals surface area contributed by atoms with Gasteiger partial charge in [-0.3, -0.25) is 4.79 Å². The van der Waals surface area contributed by atoms with Crippen molar-refractivity contribution in [2.45, 2.75) is 25.3 Å². The van der Waals surface area contributed by atoms with Crippen LogP contribution in [0.15, 0.2) is 18.3 Å². The van der Waals surface area contributed by atoms with Crippen molar-refractivity contribution in [2.75, 3.05) is 13.6 Å². The Labute approximate surface area is 102 Å². The highest BCUT2D eigenvalue weighted by Gasteiger charge is 2.32. The minimum atomic E-state index is 0.0999. The zero-order valence-electron chi connectivity index (χ0n) is 10.6. The predicted molar refractivity (Wildman–Crippen MR) is 67.7 cm³/mol. The van der Waals surface area contributed by atoms with Gasteiger partial charge in [-0.25, -0.2) is 0 Å². The minimum absolute atomic E-state index is 0.0999. The monoisotopic (exact) mass is 235 g/mol. The zero-order valence-corrected chi connectivity index (χ0v) is 10.6. The highest BCUT2D eigenvalue weighted by atomic mass is 16.2. The van der Waals surface area contributed by atoms with E-state index in [9.17, 15) is 4.79 Å². The van der Waals surface area contributed by atoms with Crippen LogP contribution in [0.3, 0.4) is 0 Å². The van der Waals surface area contributed by atoms with Crippen LogP contribution in [0.5, 0.6) is 0 Å². The maximum absolute atomic E-state index is 12.3. The largest absolute Gasteiger partial charge is 0.347 e. The molecule has 1 fully saturated rings. The number of rotatable bonds is 3. The highest BCUT2D eigenvalue weighted by molar-refractivity contribution is 5.92. The van der Waals surface area contributed by atoms with Crippen LogP contribution in [0, 0.1) is 5.92 Å². The Morgan fingerprint density at radius 2 is 2.35 bits per heavy atom. The first kappa shape index (κ1) is 12.2. The molecule has 0 bridgehead atoms. The third-order valence-corrected chi connectivity index (χ3v) is 3.90. The van der Waals surface area contributed by atoms with Gasteiger partial charge in [-0.2, -0.15) is 0 Å². The van der Waals surface area contributed by atoms with Crippen LogP contribution in [0.25, 0.3) is 0 Å². The quantitative estimate of drug-likeness (QED) is 0.856. The molecule has 2 unspecified atom stereocenters. The second-order valence-electron chi connectivity index (χ2n) is 4.91. The number of hydrogen-bond donors (Lipinski definition) is 1. The number of aryl methyl sites for hydroxylation is 1. The summed E-state index contributed by atoms with van der Waals surface area (Å²) in [6.07, 6.45) is 5.30. The number of nitrogens with zero attached hydrogens (tertiary/aromatic N) is 2. The van der Waals surface area contributed by atoms with E-state index in [1.807, 2.05) is 41.9 Å². The molecule has 1 amide bonds. The van der Waals surface area contributed by atoms with Crippen LogP contribution in [0.1, 0.15) is 29.8 Å². The van der Waals surface area contributed by atoms with E-state index in [4.69, 9.17) is 5.73 Å². The maximum atomic E-state index is 12.3. The molecule has 0 aromatic carbocycles. The van der Waals surface area contributed by atoms with Crippen LogP contribution in [0.2, 0.25) is 0 Å². The molecule has 4 heteroatoms. The van der Waals surface area contributed by atoms with Crippen LogP contribution in [-0.4, -0.2) is 35.0 Å². The second-order valence-corrected chi connectivity index (χ2v) is 4.91. The lowest BCUT2D eigenvalue weighted by molar-refractivity contribution is 0.0690. The van der Waals surface area contributed by atoms with Gasteiger partial charge < -0.3 is 15.2 Å². The topological polar surface area (TPSA) is 51.3 Å². The fraction of sp³-hybridized carbons (Fsp3) is 0.615. The summed E-state index contributed by atoms with van der Waals surface area (Å²) < 4.78 is 1.87. The maximum Gasteiger partial charge on any atom is 0.270 e. The zero-order chi connectivity index (χ0) is 12.4.